The average Bonchev–Trinajstić information content (AvgIpc) is 2.90. The summed E-state index contributed by atoms with van der Waals surface area (Å²) in [6.45, 7) is 1.00. The van der Waals surface area contributed by atoms with E-state index in [0.29, 0.717) is 30.1 Å². The fourth-order valence-corrected chi connectivity index (χ4v) is 1.92. The Bertz CT molecular complexity index is 756. The van der Waals surface area contributed by atoms with Crippen molar-refractivity contribution < 1.29 is 0 Å². The number of nitrogens with zero attached hydrogens (tertiary/aromatic N) is 5. The second-order valence-electron chi connectivity index (χ2n) is 4.18. The van der Waals surface area contributed by atoms with Gasteiger partial charge in [-0.3, -0.25) is 0 Å². The third-order valence-corrected chi connectivity index (χ3v) is 2.83. The zero-order valence-electron chi connectivity index (χ0n) is 10.7. The zero-order valence-corrected chi connectivity index (χ0v) is 10.7. The van der Waals surface area contributed by atoms with Crippen LogP contribution in [0.25, 0.3) is 11.2 Å². The fourth-order valence-electron chi connectivity index (χ4n) is 1.92. The van der Waals surface area contributed by atoms with Crippen LogP contribution in [0.5, 0.6) is 0 Å². The number of fused-ring (bicyclic) bond motifs is 1. The summed E-state index contributed by atoms with van der Waals surface area (Å²) < 4.78 is 1.74. The van der Waals surface area contributed by atoms with Crippen LogP contribution in [0.2, 0.25) is 0 Å². The molecule has 0 amide bonds. The van der Waals surface area contributed by atoms with E-state index < -0.39 is 0 Å². The average molecular weight is 264 g/mol. The van der Waals surface area contributed by atoms with Crippen molar-refractivity contribution in [3.63, 3.8) is 0 Å². The van der Waals surface area contributed by atoms with E-state index in [4.69, 9.17) is 6.42 Å². The number of anilines is 1. The minimum atomic E-state index is 0.387. The van der Waals surface area contributed by atoms with Crippen molar-refractivity contribution in [1.29, 1.82) is 0 Å². The van der Waals surface area contributed by atoms with E-state index in [9.17, 15) is 0 Å². The number of hydrogen-bond acceptors (Lipinski definition) is 5. The van der Waals surface area contributed by atoms with Crippen molar-refractivity contribution in [2.75, 3.05) is 11.9 Å². The molecule has 0 saturated heterocycles. The van der Waals surface area contributed by atoms with E-state index >= 15 is 0 Å². The lowest BCUT2D eigenvalue weighted by Crippen LogP contribution is -2.04. The highest BCUT2D eigenvalue weighted by Crippen LogP contribution is 2.16. The Balaban J connectivity index is 1.96. The van der Waals surface area contributed by atoms with Crippen molar-refractivity contribution in [2.24, 2.45) is 0 Å². The smallest absolute Gasteiger partial charge is 0.184 e. The summed E-state index contributed by atoms with van der Waals surface area (Å²) in [5, 5.41) is 11.3. The SMILES string of the molecule is C#CCNc1ncnc2c1nnn2Cc1ccccc1. The van der Waals surface area contributed by atoms with Crippen molar-refractivity contribution in [3.05, 3.63) is 42.2 Å². The maximum atomic E-state index is 5.23. The van der Waals surface area contributed by atoms with E-state index in [1.807, 2.05) is 30.3 Å². The molecular formula is C14H12N6. The zero-order chi connectivity index (χ0) is 13.8. The molecule has 20 heavy (non-hydrogen) atoms. The summed E-state index contributed by atoms with van der Waals surface area (Å²) in [5.74, 6) is 3.10. The van der Waals surface area contributed by atoms with Crippen LogP contribution >= 0.6 is 0 Å². The first-order valence-electron chi connectivity index (χ1n) is 6.14. The van der Waals surface area contributed by atoms with Gasteiger partial charge in [-0.15, -0.1) is 11.5 Å². The number of aromatic nitrogens is 5. The van der Waals surface area contributed by atoms with Crippen molar-refractivity contribution >= 4 is 17.0 Å². The van der Waals surface area contributed by atoms with Crippen LogP contribution in [0.15, 0.2) is 36.7 Å². The molecule has 3 aromatic rings. The summed E-state index contributed by atoms with van der Waals surface area (Å²) in [7, 11) is 0. The van der Waals surface area contributed by atoms with Gasteiger partial charge in [0.2, 0.25) is 0 Å². The normalized spacial score (nSPS) is 10.3. The molecule has 0 saturated carbocycles. The predicted octanol–water partition coefficient (Wildman–Crippen LogP) is 1.31. The number of rotatable bonds is 4. The van der Waals surface area contributed by atoms with E-state index in [0.717, 1.165) is 5.56 Å². The van der Waals surface area contributed by atoms with Crippen LogP contribution in [-0.4, -0.2) is 31.5 Å². The van der Waals surface area contributed by atoms with Crippen molar-refractivity contribution in [3.8, 4) is 12.3 Å². The number of hydrogen-bond donors (Lipinski definition) is 1. The molecule has 0 atom stereocenters. The largest absolute Gasteiger partial charge is 0.357 e. The van der Waals surface area contributed by atoms with Crippen LogP contribution in [0.4, 0.5) is 5.82 Å². The maximum absolute atomic E-state index is 5.23. The van der Waals surface area contributed by atoms with Crippen LogP contribution in [0.1, 0.15) is 5.56 Å². The molecule has 1 aromatic carbocycles. The first-order chi connectivity index (χ1) is 9.88. The topological polar surface area (TPSA) is 68.5 Å². The highest BCUT2D eigenvalue weighted by atomic mass is 15.4. The Labute approximate surface area is 115 Å². The summed E-state index contributed by atoms with van der Waals surface area (Å²) in [6.07, 6.45) is 6.71. The van der Waals surface area contributed by atoms with Gasteiger partial charge in [-0.2, -0.15) is 0 Å². The maximum Gasteiger partial charge on any atom is 0.184 e. The van der Waals surface area contributed by atoms with Crippen LogP contribution in [0, 0.1) is 12.3 Å². The van der Waals surface area contributed by atoms with Gasteiger partial charge in [-0.1, -0.05) is 41.5 Å². The summed E-state index contributed by atoms with van der Waals surface area (Å²) >= 11 is 0. The van der Waals surface area contributed by atoms with E-state index in [1.54, 1.807) is 4.68 Å². The van der Waals surface area contributed by atoms with Gasteiger partial charge >= 0.3 is 0 Å². The molecule has 2 aromatic heterocycles. The first-order valence-corrected chi connectivity index (χ1v) is 6.14. The highest BCUT2D eigenvalue weighted by molar-refractivity contribution is 5.81. The Kier molecular flexibility index (Phi) is 3.25. The summed E-state index contributed by atoms with van der Waals surface area (Å²) in [5.41, 5.74) is 2.44. The number of benzene rings is 1. The number of nitrogens with one attached hydrogen (secondary N) is 1. The van der Waals surface area contributed by atoms with E-state index in [-0.39, 0.29) is 0 Å². The predicted molar refractivity (Wildman–Crippen MR) is 76.0 cm³/mol. The van der Waals surface area contributed by atoms with Gasteiger partial charge in [0.05, 0.1) is 13.1 Å². The van der Waals surface area contributed by atoms with Gasteiger partial charge in [0, 0.05) is 0 Å². The standard InChI is InChI=1S/C14H12N6/c1-2-8-15-13-12-14(17-10-16-13)20(19-18-12)9-11-6-4-3-5-7-11/h1,3-7,10H,8-9H2,(H,15,16,17). The lowest BCUT2D eigenvalue weighted by Gasteiger charge is -2.03. The molecule has 0 radical (unpaired) electrons. The van der Waals surface area contributed by atoms with Gasteiger partial charge in [-0.05, 0) is 5.56 Å². The minimum absolute atomic E-state index is 0.387. The molecule has 6 heteroatoms. The molecule has 0 bridgehead atoms. The van der Waals surface area contributed by atoms with Gasteiger partial charge in [-0.25, -0.2) is 14.6 Å². The van der Waals surface area contributed by atoms with Crippen LogP contribution in [-0.2, 0) is 6.54 Å². The Hall–Kier alpha value is -2.94. The molecule has 0 aliphatic heterocycles. The molecule has 0 aliphatic rings. The van der Waals surface area contributed by atoms with Crippen LogP contribution < -0.4 is 5.32 Å². The summed E-state index contributed by atoms with van der Waals surface area (Å²) in [4.78, 5) is 8.37. The number of terminal acetylenes is 1. The van der Waals surface area contributed by atoms with Gasteiger partial charge < -0.3 is 5.32 Å². The van der Waals surface area contributed by atoms with Gasteiger partial charge in [0.1, 0.15) is 6.33 Å². The Morgan fingerprint density at radius 1 is 1.20 bits per heavy atom. The van der Waals surface area contributed by atoms with Gasteiger partial charge in [0.15, 0.2) is 17.0 Å². The van der Waals surface area contributed by atoms with E-state index in [2.05, 4.69) is 31.5 Å². The lowest BCUT2D eigenvalue weighted by molar-refractivity contribution is 0.664. The molecule has 98 valence electrons. The molecule has 0 spiro atoms. The molecule has 3 rings (SSSR count). The molecular weight excluding hydrogens is 252 g/mol. The quantitative estimate of drug-likeness (QED) is 0.720. The molecule has 0 aliphatic carbocycles. The molecule has 2 heterocycles. The third kappa shape index (κ3) is 2.29. The lowest BCUT2D eigenvalue weighted by atomic mass is 10.2. The minimum Gasteiger partial charge on any atom is -0.357 e. The second-order valence-corrected chi connectivity index (χ2v) is 4.18. The second kappa shape index (κ2) is 5.36. The molecule has 1 N–H and O–H groups in total. The molecule has 0 fully saturated rings. The van der Waals surface area contributed by atoms with Crippen molar-refractivity contribution in [2.45, 2.75) is 6.54 Å². The van der Waals surface area contributed by atoms with Crippen LogP contribution in [0.3, 0.4) is 0 Å². The Morgan fingerprint density at radius 3 is 2.85 bits per heavy atom. The van der Waals surface area contributed by atoms with Gasteiger partial charge in [0.25, 0.3) is 0 Å². The highest BCUT2D eigenvalue weighted by Gasteiger charge is 2.11. The van der Waals surface area contributed by atoms with E-state index in [1.165, 1.54) is 6.33 Å². The summed E-state index contributed by atoms with van der Waals surface area (Å²) in [6, 6.07) is 10.0. The molecule has 6 nitrogen and oxygen atoms in total. The Morgan fingerprint density at radius 2 is 2.05 bits per heavy atom. The van der Waals surface area contributed by atoms with Crippen molar-refractivity contribution in [1.82, 2.24) is 25.0 Å². The first kappa shape index (κ1) is 12.1. The molecule has 0 unspecified atom stereocenters. The monoisotopic (exact) mass is 264 g/mol. The fraction of sp³-hybridized carbons (Fsp3) is 0.143. The third-order valence-electron chi connectivity index (χ3n) is 2.83.